The molecule has 0 unspecified atom stereocenters. The number of carboxylic acids is 1. The van der Waals surface area contributed by atoms with Crippen LogP contribution in [0.2, 0.25) is 0 Å². The highest BCUT2D eigenvalue weighted by Crippen LogP contribution is 2.43. The van der Waals surface area contributed by atoms with Crippen LogP contribution in [0.25, 0.3) is 0 Å². The van der Waals surface area contributed by atoms with Gasteiger partial charge in [-0.15, -0.1) is 11.8 Å². The molecule has 2 aromatic carbocycles. The standard InChI is InChI=1S/C23H28N2O5S2/c1-4-5-9-18-16-25(17-10-7-6-8-11-17)19-14-21(31-3)20(30-13-12-23(26)27)15-22(19)32(28,29)24(18)2/h6-8,10-15,18H,4-5,9,16H2,1-3H3,(H,26,27)/b13-12+/t18-/m0/s1. The van der Waals surface area contributed by atoms with Crippen molar-refractivity contribution in [3.63, 3.8) is 0 Å². The van der Waals surface area contributed by atoms with Crippen molar-refractivity contribution in [1.29, 1.82) is 0 Å². The molecule has 0 radical (unpaired) electrons. The quantitative estimate of drug-likeness (QED) is 0.335. The van der Waals surface area contributed by atoms with Gasteiger partial charge in [0.1, 0.15) is 10.6 Å². The third kappa shape index (κ3) is 5.11. The second-order valence-electron chi connectivity index (χ2n) is 7.49. The number of nitrogens with zero attached hydrogens (tertiary/aromatic N) is 2. The molecule has 32 heavy (non-hydrogen) atoms. The Morgan fingerprint density at radius 2 is 2.00 bits per heavy atom. The molecular formula is C23H28N2O5S2. The summed E-state index contributed by atoms with van der Waals surface area (Å²) in [4.78, 5) is 13.7. The van der Waals surface area contributed by atoms with Gasteiger partial charge in [0.2, 0.25) is 10.0 Å². The molecular weight excluding hydrogens is 448 g/mol. The van der Waals surface area contributed by atoms with E-state index in [-0.39, 0.29) is 10.9 Å². The maximum atomic E-state index is 13.6. The van der Waals surface area contributed by atoms with Gasteiger partial charge in [-0.2, -0.15) is 4.31 Å². The number of fused-ring (bicyclic) bond motifs is 1. The number of rotatable bonds is 8. The summed E-state index contributed by atoms with van der Waals surface area (Å²) >= 11 is 1.41. The van der Waals surface area contributed by atoms with E-state index in [0.717, 1.165) is 37.3 Å². The Bertz CT molecular complexity index is 1090. The summed E-state index contributed by atoms with van der Waals surface area (Å²) < 4.78 is 34.2. The molecule has 0 bridgehead atoms. The van der Waals surface area contributed by atoms with E-state index in [9.17, 15) is 13.2 Å². The van der Waals surface area contributed by atoms with Crippen molar-refractivity contribution in [2.45, 2.75) is 42.0 Å². The molecule has 0 spiro atoms. The fourth-order valence-corrected chi connectivity index (χ4v) is 5.81. The number of carboxylic acid groups (broad SMARTS) is 1. The van der Waals surface area contributed by atoms with Crippen LogP contribution in [-0.2, 0) is 14.8 Å². The number of aliphatic carboxylic acids is 1. The Hall–Kier alpha value is -2.49. The minimum atomic E-state index is -3.80. The number of ether oxygens (including phenoxy) is 1. The zero-order valence-corrected chi connectivity index (χ0v) is 20.0. The normalized spacial score (nSPS) is 18.3. The van der Waals surface area contributed by atoms with Crippen LogP contribution in [0.5, 0.6) is 5.75 Å². The monoisotopic (exact) mass is 476 g/mol. The number of unbranched alkanes of at least 4 members (excludes halogenated alkanes) is 1. The number of benzene rings is 2. The van der Waals surface area contributed by atoms with E-state index < -0.39 is 16.0 Å². The van der Waals surface area contributed by atoms with Gasteiger partial charge in [0.05, 0.1) is 22.9 Å². The lowest BCUT2D eigenvalue weighted by atomic mass is 10.1. The van der Waals surface area contributed by atoms with Crippen molar-refractivity contribution < 1.29 is 23.1 Å². The molecule has 7 nitrogen and oxygen atoms in total. The SMILES string of the molecule is CCCC[C@H]1CN(c2ccccc2)c2cc(SC)c(O/C=C/C(=O)O)cc2S(=O)(=O)N1C. The van der Waals surface area contributed by atoms with E-state index in [1.165, 1.54) is 22.1 Å². The Morgan fingerprint density at radius 1 is 1.28 bits per heavy atom. The molecule has 0 saturated carbocycles. The van der Waals surface area contributed by atoms with Gasteiger partial charge in [-0.1, -0.05) is 38.0 Å². The Labute approximate surface area is 193 Å². The third-order valence-electron chi connectivity index (χ3n) is 5.46. The number of hydrogen-bond donors (Lipinski definition) is 1. The summed E-state index contributed by atoms with van der Waals surface area (Å²) in [6, 6.07) is 12.8. The molecule has 0 aliphatic carbocycles. The topological polar surface area (TPSA) is 87.1 Å². The fourth-order valence-electron chi connectivity index (χ4n) is 3.71. The van der Waals surface area contributed by atoms with Gasteiger partial charge < -0.3 is 14.7 Å². The first-order valence-electron chi connectivity index (χ1n) is 10.4. The van der Waals surface area contributed by atoms with Gasteiger partial charge in [-0.25, -0.2) is 13.2 Å². The first kappa shape index (κ1) is 24.2. The summed E-state index contributed by atoms with van der Waals surface area (Å²) in [5.41, 5.74) is 1.49. The summed E-state index contributed by atoms with van der Waals surface area (Å²) in [5, 5.41) is 8.84. The van der Waals surface area contributed by atoms with E-state index >= 15 is 0 Å². The van der Waals surface area contributed by atoms with E-state index in [1.807, 2.05) is 47.6 Å². The molecule has 172 valence electrons. The lowest BCUT2D eigenvalue weighted by molar-refractivity contribution is -0.131. The smallest absolute Gasteiger partial charge is 0.331 e. The average molecular weight is 477 g/mol. The summed E-state index contributed by atoms with van der Waals surface area (Å²) in [6.45, 7) is 2.62. The highest BCUT2D eigenvalue weighted by molar-refractivity contribution is 7.98. The Kier molecular flexibility index (Phi) is 7.86. The van der Waals surface area contributed by atoms with Crippen LogP contribution in [0.1, 0.15) is 26.2 Å². The maximum absolute atomic E-state index is 13.6. The van der Waals surface area contributed by atoms with Gasteiger partial charge >= 0.3 is 5.97 Å². The second-order valence-corrected chi connectivity index (χ2v) is 10.3. The minimum absolute atomic E-state index is 0.138. The molecule has 1 heterocycles. The van der Waals surface area contributed by atoms with Gasteiger partial charge in [-0.3, -0.25) is 0 Å². The average Bonchev–Trinajstić information content (AvgIpc) is 2.86. The molecule has 1 atom stereocenters. The van der Waals surface area contributed by atoms with E-state index in [4.69, 9.17) is 9.84 Å². The van der Waals surface area contributed by atoms with Crippen molar-refractivity contribution in [1.82, 2.24) is 4.31 Å². The molecule has 1 aliphatic rings. The molecule has 3 rings (SSSR count). The third-order valence-corrected chi connectivity index (χ3v) is 8.16. The van der Waals surface area contributed by atoms with Crippen molar-refractivity contribution in [2.75, 3.05) is 24.7 Å². The van der Waals surface area contributed by atoms with Crippen LogP contribution in [0.4, 0.5) is 11.4 Å². The van der Waals surface area contributed by atoms with Crippen molar-refractivity contribution in [2.24, 2.45) is 0 Å². The predicted octanol–water partition coefficient (Wildman–Crippen LogP) is 4.72. The number of likely N-dealkylation sites (N-methyl/N-ethyl adjacent to an activating group) is 1. The van der Waals surface area contributed by atoms with Crippen LogP contribution in [0, 0.1) is 0 Å². The van der Waals surface area contributed by atoms with Crippen molar-refractivity contribution >= 4 is 39.1 Å². The lowest BCUT2D eigenvalue weighted by Crippen LogP contribution is -2.40. The van der Waals surface area contributed by atoms with Crippen LogP contribution in [0.15, 0.2) is 64.6 Å². The van der Waals surface area contributed by atoms with E-state index in [0.29, 0.717) is 22.9 Å². The second kappa shape index (κ2) is 10.4. The maximum Gasteiger partial charge on any atom is 0.331 e. The summed E-state index contributed by atoms with van der Waals surface area (Å²) in [5.74, 6) is -0.849. The van der Waals surface area contributed by atoms with Crippen LogP contribution < -0.4 is 9.64 Å². The van der Waals surface area contributed by atoms with Gasteiger partial charge in [0.25, 0.3) is 0 Å². The van der Waals surface area contributed by atoms with Crippen LogP contribution in [0.3, 0.4) is 0 Å². The fraction of sp³-hybridized carbons (Fsp3) is 0.348. The van der Waals surface area contributed by atoms with E-state index in [1.54, 1.807) is 7.05 Å². The zero-order chi connectivity index (χ0) is 23.3. The molecule has 1 N–H and O–H groups in total. The highest BCUT2D eigenvalue weighted by atomic mass is 32.2. The highest BCUT2D eigenvalue weighted by Gasteiger charge is 2.37. The van der Waals surface area contributed by atoms with Crippen LogP contribution in [-0.4, -0.2) is 49.7 Å². The van der Waals surface area contributed by atoms with Crippen LogP contribution >= 0.6 is 11.8 Å². The van der Waals surface area contributed by atoms with Crippen molar-refractivity contribution in [3.8, 4) is 5.75 Å². The molecule has 0 saturated heterocycles. The lowest BCUT2D eigenvalue weighted by Gasteiger charge is -2.29. The molecule has 1 aliphatic heterocycles. The minimum Gasteiger partial charge on any atom is -0.478 e. The van der Waals surface area contributed by atoms with E-state index in [2.05, 4.69) is 6.92 Å². The number of carbonyl (C=O) groups is 1. The largest absolute Gasteiger partial charge is 0.478 e. The number of sulfonamides is 1. The molecule has 9 heteroatoms. The summed E-state index contributed by atoms with van der Waals surface area (Å²) in [6.07, 6.45) is 6.44. The van der Waals surface area contributed by atoms with Crippen molar-refractivity contribution in [3.05, 3.63) is 54.8 Å². The molecule has 0 fully saturated rings. The molecule has 0 aromatic heterocycles. The van der Waals surface area contributed by atoms with Gasteiger partial charge in [-0.05, 0) is 30.9 Å². The number of para-hydroxylation sites is 1. The first-order valence-corrected chi connectivity index (χ1v) is 13.0. The number of hydrogen-bond acceptors (Lipinski definition) is 6. The Morgan fingerprint density at radius 3 is 2.62 bits per heavy atom. The number of anilines is 2. The molecule has 0 amide bonds. The molecule has 2 aromatic rings. The zero-order valence-electron chi connectivity index (χ0n) is 18.4. The first-order chi connectivity index (χ1) is 15.3. The predicted molar refractivity (Wildman–Crippen MR) is 127 cm³/mol. The summed E-state index contributed by atoms with van der Waals surface area (Å²) in [7, 11) is -2.18. The Balaban J connectivity index is 2.20. The van der Waals surface area contributed by atoms with Gasteiger partial charge in [0, 0.05) is 31.4 Å². The van der Waals surface area contributed by atoms with Gasteiger partial charge in [0.15, 0.2) is 0 Å². The number of thioether (sulfide) groups is 1.